The van der Waals surface area contributed by atoms with Crippen LogP contribution in [0.4, 0.5) is 16.2 Å². The predicted molar refractivity (Wildman–Crippen MR) is 90.5 cm³/mol. The number of aliphatic hydroxyl groups excluding tert-OH is 1. The Bertz CT molecular complexity index is 720. The standard InChI is InChI=1S/C17H21N3O5/c1-10-5-12-6-13(3-4-15(12)20(10)16(23)9-21)19-8-14(25-17(19)24)7-18-11(2)22/h3-4,6,10,14,21H,5,7-9H2,1-2H3,(H,18,22). The minimum absolute atomic E-state index is 0.0389. The Hall–Kier alpha value is -2.61. The van der Waals surface area contributed by atoms with Crippen molar-refractivity contribution in [1.29, 1.82) is 0 Å². The Morgan fingerprint density at radius 1 is 1.40 bits per heavy atom. The van der Waals surface area contributed by atoms with E-state index in [4.69, 9.17) is 9.84 Å². The largest absolute Gasteiger partial charge is 0.442 e. The molecule has 8 heteroatoms. The van der Waals surface area contributed by atoms with Crippen LogP contribution in [-0.4, -0.2) is 54.9 Å². The highest BCUT2D eigenvalue weighted by Crippen LogP contribution is 2.36. The van der Waals surface area contributed by atoms with Crippen LogP contribution in [0, 0.1) is 0 Å². The number of aliphatic hydroxyl groups is 1. The number of benzene rings is 1. The van der Waals surface area contributed by atoms with Gasteiger partial charge in [0.1, 0.15) is 12.7 Å². The summed E-state index contributed by atoms with van der Waals surface area (Å²) in [5.74, 6) is -0.510. The van der Waals surface area contributed by atoms with Crippen molar-refractivity contribution in [2.75, 3.05) is 29.5 Å². The summed E-state index contributed by atoms with van der Waals surface area (Å²) in [5, 5.41) is 11.8. The Morgan fingerprint density at radius 2 is 2.16 bits per heavy atom. The average molecular weight is 347 g/mol. The molecule has 8 nitrogen and oxygen atoms in total. The maximum atomic E-state index is 12.1. The number of nitrogens with one attached hydrogen (secondary N) is 1. The molecule has 0 bridgehead atoms. The molecule has 3 rings (SSSR count). The Kier molecular flexibility index (Phi) is 4.63. The maximum Gasteiger partial charge on any atom is 0.414 e. The monoisotopic (exact) mass is 347 g/mol. The van der Waals surface area contributed by atoms with Crippen LogP contribution in [0.15, 0.2) is 18.2 Å². The third-order valence-electron chi connectivity index (χ3n) is 4.45. The lowest BCUT2D eigenvalue weighted by Crippen LogP contribution is -2.37. The van der Waals surface area contributed by atoms with Crippen molar-refractivity contribution in [3.63, 3.8) is 0 Å². The number of anilines is 2. The van der Waals surface area contributed by atoms with Gasteiger partial charge >= 0.3 is 6.09 Å². The molecule has 1 aromatic rings. The lowest BCUT2D eigenvalue weighted by atomic mass is 10.1. The van der Waals surface area contributed by atoms with Crippen molar-refractivity contribution in [3.8, 4) is 0 Å². The topological polar surface area (TPSA) is 99.2 Å². The summed E-state index contributed by atoms with van der Waals surface area (Å²) in [6, 6.07) is 5.38. The summed E-state index contributed by atoms with van der Waals surface area (Å²) in [6.45, 7) is 3.43. The van der Waals surface area contributed by atoms with E-state index in [9.17, 15) is 14.4 Å². The molecule has 0 radical (unpaired) electrons. The van der Waals surface area contributed by atoms with Crippen LogP contribution in [-0.2, 0) is 20.7 Å². The second-order valence-corrected chi connectivity index (χ2v) is 6.34. The first-order valence-corrected chi connectivity index (χ1v) is 8.19. The van der Waals surface area contributed by atoms with Gasteiger partial charge in [0.15, 0.2) is 0 Å². The van der Waals surface area contributed by atoms with E-state index in [1.165, 1.54) is 11.8 Å². The number of carbonyl (C=O) groups is 3. The summed E-state index contributed by atoms with van der Waals surface area (Å²) in [4.78, 5) is 38.1. The van der Waals surface area contributed by atoms with Gasteiger partial charge in [-0.25, -0.2) is 4.79 Å². The van der Waals surface area contributed by atoms with Gasteiger partial charge in [0.05, 0.1) is 13.1 Å². The normalized spacial score (nSPS) is 22.0. The molecular formula is C17H21N3O5. The third kappa shape index (κ3) is 3.30. The number of cyclic esters (lactones) is 1. The molecule has 0 spiro atoms. The van der Waals surface area contributed by atoms with Crippen molar-refractivity contribution in [2.24, 2.45) is 0 Å². The van der Waals surface area contributed by atoms with E-state index in [0.717, 1.165) is 11.3 Å². The van der Waals surface area contributed by atoms with Crippen LogP contribution in [0.3, 0.4) is 0 Å². The van der Waals surface area contributed by atoms with E-state index in [1.807, 2.05) is 13.0 Å². The van der Waals surface area contributed by atoms with Crippen LogP contribution in [0.5, 0.6) is 0 Å². The lowest BCUT2D eigenvalue weighted by molar-refractivity contribution is -0.121. The van der Waals surface area contributed by atoms with Crippen molar-refractivity contribution in [1.82, 2.24) is 5.32 Å². The predicted octanol–water partition coefficient (Wildman–Crippen LogP) is 0.418. The first-order valence-electron chi connectivity index (χ1n) is 8.19. The fraction of sp³-hybridized carbons (Fsp3) is 0.471. The van der Waals surface area contributed by atoms with Crippen molar-refractivity contribution in [3.05, 3.63) is 23.8 Å². The summed E-state index contributed by atoms with van der Waals surface area (Å²) in [7, 11) is 0. The summed E-state index contributed by atoms with van der Waals surface area (Å²) in [6.07, 6.45) is -0.187. The number of fused-ring (bicyclic) bond motifs is 1. The molecular weight excluding hydrogens is 326 g/mol. The van der Waals surface area contributed by atoms with Gasteiger partial charge in [-0.15, -0.1) is 0 Å². The fourth-order valence-electron chi connectivity index (χ4n) is 3.34. The van der Waals surface area contributed by atoms with Gasteiger partial charge < -0.3 is 20.1 Å². The molecule has 2 atom stereocenters. The van der Waals surface area contributed by atoms with Crippen molar-refractivity contribution in [2.45, 2.75) is 32.4 Å². The van der Waals surface area contributed by atoms with Gasteiger partial charge in [0, 0.05) is 24.3 Å². The Morgan fingerprint density at radius 3 is 2.84 bits per heavy atom. The van der Waals surface area contributed by atoms with E-state index < -0.39 is 18.8 Å². The minimum atomic E-state index is -0.533. The SMILES string of the molecule is CC(=O)NCC1CN(c2ccc3c(c2)CC(C)N3C(=O)CO)C(=O)O1. The highest BCUT2D eigenvalue weighted by molar-refractivity contribution is 5.98. The molecule has 3 amide bonds. The van der Waals surface area contributed by atoms with Gasteiger partial charge in [-0.05, 0) is 37.1 Å². The molecule has 2 aliphatic heterocycles. The number of amides is 3. The van der Waals surface area contributed by atoms with E-state index in [2.05, 4.69) is 5.32 Å². The lowest BCUT2D eigenvalue weighted by Gasteiger charge is -2.22. The molecule has 1 aromatic carbocycles. The second-order valence-electron chi connectivity index (χ2n) is 6.34. The van der Waals surface area contributed by atoms with Crippen LogP contribution in [0.25, 0.3) is 0 Å². The molecule has 1 fully saturated rings. The van der Waals surface area contributed by atoms with Crippen LogP contribution >= 0.6 is 0 Å². The third-order valence-corrected chi connectivity index (χ3v) is 4.45. The van der Waals surface area contributed by atoms with Crippen molar-refractivity contribution < 1.29 is 24.2 Å². The highest BCUT2D eigenvalue weighted by Gasteiger charge is 2.35. The Balaban J connectivity index is 1.77. The molecule has 134 valence electrons. The number of nitrogens with zero attached hydrogens (tertiary/aromatic N) is 2. The van der Waals surface area contributed by atoms with Gasteiger partial charge in [0.25, 0.3) is 5.91 Å². The van der Waals surface area contributed by atoms with Crippen LogP contribution in [0.2, 0.25) is 0 Å². The number of hydrogen-bond donors (Lipinski definition) is 2. The molecule has 2 N–H and O–H groups in total. The zero-order chi connectivity index (χ0) is 18.1. The molecule has 2 aliphatic rings. The summed E-state index contributed by atoms with van der Waals surface area (Å²) in [5.41, 5.74) is 2.40. The van der Waals surface area contributed by atoms with Gasteiger partial charge in [-0.3, -0.25) is 14.5 Å². The zero-order valence-electron chi connectivity index (χ0n) is 14.2. The summed E-state index contributed by atoms with van der Waals surface area (Å²) < 4.78 is 5.27. The smallest absolute Gasteiger partial charge is 0.414 e. The molecule has 1 saturated heterocycles. The van der Waals surface area contributed by atoms with Crippen molar-refractivity contribution >= 4 is 29.3 Å². The minimum Gasteiger partial charge on any atom is -0.442 e. The fourth-order valence-corrected chi connectivity index (χ4v) is 3.34. The molecule has 0 saturated carbocycles. The number of rotatable bonds is 4. The van der Waals surface area contributed by atoms with Crippen LogP contribution in [0.1, 0.15) is 19.4 Å². The molecule has 2 unspecified atom stereocenters. The summed E-state index contributed by atoms with van der Waals surface area (Å²) >= 11 is 0. The number of hydrogen-bond acceptors (Lipinski definition) is 5. The Labute approximate surface area is 145 Å². The van der Waals surface area contributed by atoms with E-state index in [1.54, 1.807) is 17.0 Å². The number of ether oxygens (including phenoxy) is 1. The molecule has 0 aliphatic carbocycles. The highest BCUT2D eigenvalue weighted by atomic mass is 16.6. The van der Waals surface area contributed by atoms with Crippen LogP contribution < -0.4 is 15.1 Å². The quantitative estimate of drug-likeness (QED) is 0.822. The van der Waals surface area contributed by atoms with Gasteiger partial charge in [-0.1, -0.05) is 0 Å². The van der Waals surface area contributed by atoms with E-state index >= 15 is 0 Å². The maximum absolute atomic E-state index is 12.1. The van der Waals surface area contributed by atoms with Gasteiger partial charge in [0.2, 0.25) is 5.91 Å². The first kappa shape index (κ1) is 17.2. The average Bonchev–Trinajstić information content (AvgIpc) is 3.10. The van der Waals surface area contributed by atoms with E-state index in [0.29, 0.717) is 18.7 Å². The zero-order valence-corrected chi connectivity index (χ0v) is 14.2. The molecule has 2 heterocycles. The number of carbonyl (C=O) groups excluding carboxylic acids is 3. The van der Waals surface area contributed by atoms with E-state index in [-0.39, 0.29) is 24.4 Å². The second kappa shape index (κ2) is 6.72. The first-order chi connectivity index (χ1) is 11.9. The molecule has 0 aromatic heterocycles. The molecule has 25 heavy (non-hydrogen) atoms. The van der Waals surface area contributed by atoms with Gasteiger partial charge in [-0.2, -0.15) is 0 Å².